The predicted octanol–water partition coefficient (Wildman–Crippen LogP) is 2.83. The molecule has 0 heterocycles. The zero-order valence-corrected chi connectivity index (χ0v) is 15.9. The Labute approximate surface area is 155 Å². The van der Waals surface area contributed by atoms with Gasteiger partial charge in [-0.2, -0.15) is 0 Å². The fourth-order valence-electron chi connectivity index (χ4n) is 3.20. The summed E-state index contributed by atoms with van der Waals surface area (Å²) in [5, 5.41) is 11.2. The van der Waals surface area contributed by atoms with Crippen LogP contribution in [0.5, 0.6) is 5.75 Å². The molecular weight excluding hydrogens is 350 g/mol. The van der Waals surface area contributed by atoms with Gasteiger partial charge in [-0.25, -0.2) is 13.1 Å². The van der Waals surface area contributed by atoms with Crippen LogP contribution in [0.1, 0.15) is 30.9 Å². The van der Waals surface area contributed by atoms with E-state index >= 15 is 0 Å². The van der Waals surface area contributed by atoms with Crippen LogP contribution < -0.4 is 9.46 Å². The van der Waals surface area contributed by atoms with Gasteiger partial charge in [0.15, 0.2) is 0 Å². The first kappa shape index (κ1) is 18.9. The molecule has 2 aromatic carbocycles. The molecule has 0 bridgehead atoms. The van der Waals surface area contributed by atoms with Gasteiger partial charge in [0.1, 0.15) is 16.2 Å². The van der Waals surface area contributed by atoms with Crippen LogP contribution in [0.4, 0.5) is 0 Å². The molecule has 0 saturated heterocycles. The van der Waals surface area contributed by atoms with Gasteiger partial charge >= 0.3 is 0 Å². The summed E-state index contributed by atoms with van der Waals surface area (Å²) in [6.45, 7) is 1.90. The van der Waals surface area contributed by atoms with E-state index in [2.05, 4.69) is 4.72 Å². The molecule has 0 spiro atoms. The highest BCUT2D eigenvalue weighted by Gasteiger charge is 2.45. The molecule has 2 aromatic rings. The molecule has 26 heavy (non-hydrogen) atoms. The first-order chi connectivity index (χ1) is 12.4. The Kier molecular flexibility index (Phi) is 5.37. The number of aliphatic hydroxyl groups is 1. The molecule has 1 fully saturated rings. The molecular formula is C20H25NO4S. The Bertz CT molecular complexity index is 863. The van der Waals surface area contributed by atoms with Gasteiger partial charge < -0.3 is 9.84 Å². The Morgan fingerprint density at radius 1 is 1.19 bits per heavy atom. The second-order valence-corrected chi connectivity index (χ2v) is 8.46. The third-order valence-corrected chi connectivity index (χ3v) is 6.41. The lowest BCUT2D eigenvalue weighted by molar-refractivity contribution is 0.0185. The molecule has 1 aliphatic rings. The van der Waals surface area contributed by atoms with E-state index in [4.69, 9.17) is 4.74 Å². The largest absolute Gasteiger partial charge is 0.495 e. The highest BCUT2D eigenvalue weighted by Crippen LogP contribution is 2.45. The highest BCUT2D eigenvalue weighted by molar-refractivity contribution is 7.89. The van der Waals surface area contributed by atoms with Crippen molar-refractivity contribution in [2.45, 2.75) is 36.7 Å². The summed E-state index contributed by atoms with van der Waals surface area (Å²) in [5.74, 6) is 0.362. The first-order valence-corrected chi connectivity index (χ1v) is 10.3. The summed E-state index contributed by atoms with van der Waals surface area (Å²) < 4.78 is 33.6. The van der Waals surface area contributed by atoms with Gasteiger partial charge in [-0.1, -0.05) is 43.3 Å². The monoisotopic (exact) mass is 375 g/mol. The molecule has 140 valence electrons. The molecule has 1 aliphatic carbocycles. The Morgan fingerprint density at radius 2 is 1.88 bits per heavy atom. The number of aryl methyl sites for hydroxylation is 1. The van der Waals surface area contributed by atoms with Crippen LogP contribution in [-0.2, 0) is 22.0 Å². The second kappa shape index (κ2) is 7.39. The van der Waals surface area contributed by atoms with Crippen molar-refractivity contribution in [1.29, 1.82) is 0 Å². The summed E-state index contributed by atoms with van der Waals surface area (Å²) in [6.07, 6.45) is 2.51. The minimum absolute atomic E-state index is 0.0660. The van der Waals surface area contributed by atoms with Gasteiger partial charge in [0, 0.05) is 6.54 Å². The van der Waals surface area contributed by atoms with E-state index in [0.717, 1.165) is 30.4 Å². The Hall–Kier alpha value is -1.89. The minimum Gasteiger partial charge on any atom is -0.495 e. The number of rotatable bonds is 8. The molecule has 1 saturated carbocycles. The van der Waals surface area contributed by atoms with Crippen LogP contribution in [0.2, 0.25) is 0 Å². The molecule has 1 unspecified atom stereocenters. The zero-order valence-electron chi connectivity index (χ0n) is 15.1. The third kappa shape index (κ3) is 3.77. The molecule has 0 aromatic heterocycles. The summed E-state index contributed by atoms with van der Waals surface area (Å²) in [6, 6.07) is 14.4. The topological polar surface area (TPSA) is 75.6 Å². The van der Waals surface area contributed by atoms with Crippen LogP contribution in [0.15, 0.2) is 53.4 Å². The lowest BCUT2D eigenvalue weighted by Crippen LogP contribution is -2.42. The van der Waals surface area contributed by atoms with Crippen molar-refractivity contribution in [3.8, 4) is 5.75 Å². The molecule has 0 amide bonds. The molecule has 2 N–H and O–H groups in total. The smallest absolute Gasteiger partial charge is 0.244 e. The summed E-state index contributed by atoms with van der Waals surface area (Å²) in [7, 11) is -2.37. The second-order valence-electron chi connectivity index (χ2n) is 6.73. The number of hydrogen-bond donors (Lipinski definition) is 2. The molecule has 0 radical (unpaired) electrons. The van der Waals surface area contributed by atoms with Crippen molar-refractivity contribution in [3.63, 3.8) is 0 Å². The van der Waals surface area contributed by atoms with E-state index in [9.17, 15) is 13.5 Å². The molecule has 5 nitrogen and oxygen atoms in total. The van der Waals surface area contributed by atoms with Crippen LogP contribution in [-0.4, -0.2) is 27.2 Å². The predicted molar refractivity (Wildman–Crippen MR) is 101 cm³/mol. The lowest BCUT2D eigenvalue weighted by atomic mass is 9.89. The first-order valence-electron chi connectivity index (χ1n) is 8.85. The molecule has 3 rings (SSSR count). The van der Waals surface area contributed by atoms with E-state index in [1.54, 1.807) is 12.1 Å². The number of sulfonamides is 1. The van der Waals surface area contributed by atoms with Gasteiger partial charge in [0.2, 0.25) is 10.0 Å². The van der Waals surface area contributed by atoms with E-state index < -0.39 is 15.6 Å². The van der Waals surface area contributed by atoms with Gasteiger partial charge in [-0.05, 0) is 48.4 Å². The van der Waals surface area contributed by atoms with Gasteiger partial charge in [-0.15, -0.1) is 0 Å². The van der Waals surface area contributed by atoms with Crippen molar-refractivity contribution in [2.24, 2.45) is 5.92 Å². The van der Waals surface area contributed by atoms with E-state index in [-0.39, 0.29) is 17.4 Å². The molecule has 6 heteroatoms. The van der Waals surface area contributed by atoms with Crippen LogP contribution >= 0.6 is 0 Å². The fourth-order valence-corrected chi connectivity index (χ4v) is 4.49. The lowest BCUT2D eigenvalue weighted by Gasteiger charge is -2.29. The van der Waals surface area contributed by atoms with Crippen LogP contribution in [0, 0.1) is 5.92 Å². The van der Waals surface area contributed by atoms with E-state index in [1.165, 1.54) is 7.11 Å². The maximum Gasteiger partial charge on any atom is 0.244 e. The van der Waals surface area contributed by atoms with Crippen molar-refractivity contribution in [3.05, 3.63) is 59.7 Å². The average molecular weight is 375 g/mol. The summed E-state index contributed by atoms with van der Waals surface area (Å²) in [4.78, 5) is 0.102. The summed E-state index contributed by atoms with van der Waals surface area (Å²) in [5.41, 5.74) is 0.440. The summed E-state index contributed by atoms with van der Waals surface area (Å²) >= 11 is 0. The highest BCUT2D eigenvalue weighted by atomic mass is 32.2. The minimum atomic E-state index is -3.82. The Morgan fingerprint density at radius 3 is 2.46 bits per heavy atom. The van der Waals surface area contributed by atoms with Gasteiger partial charge in [0.25, 0.3) is 0 Å². The fraction of sp³-hybridized carbons (Fsp3) is 0.400. The zero-order chi connectivity index (χ0) is 18.8. The number of benzene rings is 2. The SMILES string of the molecule is CCc1ccc(OC)c(S(=O)(=O)NCC(O)(c2ccccc2)C2CC2)c1. The van der Waals surface area contributed by atoms with Crippen molar-refractivity contribution >= 4 is 10.0 Å². The standard InChI is InChI=1S/C20H25NO4S/c1-3-15-9-12-18(25-2)19(13-15)26(23,24)21-14-20(22,17-10-11-17)16-7-5-4-6-8-16/h4-9,12-13,17,21-22H,3,10-11,14H2,1-2H3. The van der Waals surface area contributed by atoms with Gasteiger partial charge in [-0.3, -0.25) is 0 Å². The molecule has 0 aliphatic heterocycles. The van der Waals surface area contributed by atoms with Crippen molar-refractivity contribution < 1.29 is 18.3 Å². The van der Waals surface area contributed by atoms with Crippen LogP contribution in [0.25, 0.3) is 0 Å². The number of nitrogens with one attached hydrogen (secondary N) is 1. The van der Waals surface area contributed by atoms with E-state index in [1.807, 2.05) is 43.3 Å². The average Bonchev–Trinajstić information content (AvgIpc) is 3.52. The van der Waals surface area contributed by atoms with E-state index in [0.29, 0.717) is 5.75 Å². The number of hydrogen-bond acceptors (Lipinski definition) is 4. The maximum absolute atomic E-state index is 12.9. The Balaban J connectivity index is 1.88. The van der Waals surface area contributed by atoms with Crippen molar-refractivity contribution in [2.75, 3.05) is 13.7 Å². The van der Waals surface area contributed by atoms with Crippen molar-refractivity contribution in [1.82, 2.24) is 4.72 Å². The maximum atomic E-state index is 12.9. The normalized spacial score (nSPS) is 16.9. The quantitative estimate of drug-likeness (QED) is 0.744. The van der Waals surface area contributed by atoms with Gasteiger partial charge in [0.05, 0.1) is 7.11 Å². The third-order valence-electron chi connectivity index (χ3n) is 4.98. The number of ether oxygens (including phenoxy) is 1. The molecule has 1 atom stereocenters. The number of methoxy groups -OCH3 is 1. The van der Waals surface area contributed by atoms with Crippen LogP contribution in [0.3, 0.4) is 0 Å².